The molecule has 0 aromatic heterocycles. The van der Waals surface area contributed by atoms with Crippen LogP contribution in [-0.2, 0) is 9.16 Å². The number of amides is 1. The van der Waals surface area contributed by atoms with Gasteiger partial charge in [-0.2, -0.15) is 0 Å². The summed E-state index contributed by atoms with van der Waals surface area (Å²) in [6, 6.07) is 20.6. The highest BCUT2D eigenvalue weighted by Gasteiger charge is 2.51. The molecule has 1 unspecified atom stereocenters. The monoisotopic (exact) mass is 443 g/mol. The third kappa shape index (κ3) is 6.18. The van der Waals surface area contributed by atoms with E-state index in [9.17, 15) is 9.90 Å². The Kier molecular flexibility index (Phi) is 7.73. The Morgan fingerprint density at radius 2 is 1.32 bits per heavy atom. The van der Waals surface area contributed by atoms with Crippen molar-refractivity contribution >= 4 is 24.8 Å². The van der Waals surface area contributed by atoms with Crippen LogP contribution in [0.25, 0.3) is 0 Å². The van der Waals surface area contributed by atoms with Gasteiger partial charge in [0, 0.05) is 0 Å². The molecular formula is C25H37NO4Si. The lowest BCUT2D eigenvalue weighted by molar-refractivity contribution is 0.0345. The smallest absolute Gasteiger partial charge is 0.408 e. The van der Waals surface area contributed by atoms with Crippen LogP contribution in [0.1, 0.15) is 48.5 Å². The van der Waals surface area contributed by atoms with Gasteiger partial charge in [-0.3, -0.25) is 0 Å². The molecule has 0 bridgehead atoms. The van der Waals surface area contributed by atoms with Gasteiger partial charge in [0.25, 0.3) is 8.32 Å². The molecule has 2 N–H and O–H groups in total. The maximum atomic E-state index is 12.4. The van der Waals surface area contributed by atoms with Gasteiger partial charge < -0.3 is 19.6 Å². The number of aliphatic hydroxyl groups is 1. The molecule has 6 heteroatoms. The van der Waals surface area contributed by atoms with Crippen molar-refractivity contribution in [1.29, 1.82) is 0 Å². The first-order valence-electron chi connectivity index (χ1n) is 10.7. The minimum Gasteiger partial charge on any atom is -0.444 e. The lowest BCUT2D eigenvalue weighted by Crippen LogP contribution is -2.68. The number of rotatable bonds is 7. The molecule has 0 radical (unpaired) electrons. The summed E-state index contributed by atoms with van der Waals surface area (Å²) >= 11 is 0. The quantitative estimate of drug-likeness (QED) is 0.638. The SMILES string of the molecule is CC(CO)(CO[Si](c1ccccc1)(c1ccccc1)C(C)(C)C)NC(=O)OC(C)(C)C. The maximum absolute atomic E-state index is 12.4. The first kappa shape index (κ1) is 25.1. The second-order valence-corrected chi connectivity index (χ2v) is 14.6. The van der Waals surface area contributed by atoms with Gasteiger partial charge in [-0.25, -0.2) is 4.79 Å². The summed E-state index contributed by atoms with van der Waals surface area (Å²) in [4.78, 5) is 12.4. The summed E-state index contributed by atoms with van der Waals surface area (Å²) in [5.41, 5.74) is -1.62. The number of nitrogens with one attached hydrogen (secondary N) is 1. The van der Waals surface area contributed by atoms with Gasteiger partial charge in [0.15, 0.2) is 0 Å². The van der Waals surface area contributed by atoms with Crippen molar-refractivity contribution in [3.63, 3.8) is 0 Å². The second-order valence-electron chi connectivity index (χ2n) is 10.3. The van der Waals surface area contributed by atoms with E-state index >= 15 is 0 Å². The van der Waals surface area contributed by atoms with Gasteiger partial charge in [0.2, 0.25) is 0 Å². The van der Waals surface area contributed by atoms with E-state index in [1.807, 2.05) is 57.2 Å². The first-order chi connectivity index (χ1) is 14.3. The minimum atomic E-state index is -2.78. The van der Waals surface area contributed by atoms with Crippen LogP contribution in [0.2, 0.25) is 5.04 Å². The molecule has 0 saturated heterocycles. The molecule has 0 spiro atoms. The van der Waals surface area contributed by atoms with Crippen LogP contribution >= 0.6 is 0 Å². The van der Waals surface area contributed by atoms with Crippen LogP contribution in [0.4, 0.5) is 4.79 Å². The zero-order valence-corrected chi connectivity index (χ0v) is 20.9. The van der Waals surface area contributed by atoms with Gasteiger partial charge in [-0.05, 0) is 43.1 Å². The Morgan fingerprint density at radius 3 is 1.68 bits per heavy atom. The molecule has 31 heavy (non-hydrogen) atoms. The molecular weight excluding hydrogens is 406 g/mol. The van der Waals surface area contributed by atoms with Gasteiger partial charge >= 0.3 is 6.09 Å². The molecule has 0 aliphatic heterocycles. The number of carbonyl (C=O) groups is 1. The Hall–Kier alpha value is -2.15. The number of aliphatic hydroxyl groups excluding tert-OH is 1. The molecule has 2 aromatic rings. The zero-order chi connectivity index (χ0) is 23.3. The Balaban J connectivity index is 2.45. The molecule has 170 valence electrons. The minimum absolute atomic E-state index is 0.149. The molecule has 5 nitrogen and oxygen atoms in total. The van der Waals surface area contributed by atoms with E-state index in [0.29, 0.717) is 0 Å². The van der Waals surface area contributed by atoms with Crippen LogP contribution in [-0.4, -0.2) is 43.9 Å². The van der Waals surface area contributed by atoms with E-state index in [4.69, 9.17) is 9.16 Å². The highest BCUT2D eigenvalue weighted by Crippen LogP contribution is 2.37. The first-order valence-corrected chi connectivity index (χ1v) is 12.6. The lowest BCUT2D eigenvalue weighted by Gasteiger charge is -2.45. The Labute approximate surface area is 187 Å². The summed E-state index contributed by atoms with van der Waals surface area (Å²) in [6.45, 7) is 13.6. The largest absolute Gasteiger partial charge is 0.444 e. The van der Waals surface area contributed by atoms with Gasteiger partial charge in [0.05, 0.1) is 18.8 Å². The molecule has 0 aliphatic carbocycles. The fraction of sp³-hybridized carbons (Fsp3) is 0.480. The summed E-state index contributed by atoms with van der Waals surface area (Å²) in [5.74, 6) is 0. The lowest BCUT2D eigenvalue weighted by atomic mass is 10.1. The standard InChI is InChI=1S/C25H37NO4Si/c1-23(2,3)30-22(28)26-25(7,18-27)19-29-31(24(4,5)6,20-14-10-8-11-15-20)21-16-12-9-13-17-21/h8-17,27H,18-19H2,1-7H3,(H,26,28). The average molecular weight is 444 g/mol. The summed E-state index contributed by atoms with van der Waals surface area (Å²) in [6.07, 6.45) is -0.574. The molecule has 2 aromatic carbocycles. The van der Waals surface area contributed by atoms with E-state index in [2.05, 4.69) is 50.4 Å². The number of ether oxygens (including phenoxy) is 1. The van der Waals surface area contributed by atoms with Crippen LogP contribution in [0, 0.1) is 0 Å². The fourth-order valence-electron chi connectivity index (χ4n) is 3.70. The highest BCUT2D eigenvalue weighted by atomic mass is 28.4. The predicted molar refractivity (Wildman–Crippen MR) is 128 cm³/mol. The molecule has 1 atom stereocenters. The third-order valence-corrected chi connectivity index (χ3v) is 10.2. The predicted octanol–water partition coefficient (Wildman–Crippen LogP) is 3.84. The number of benzene rings is 2. The summed E-state index contributed by atoms with van der Waals surface area (Å²) in [7, 11) is -2.78. The van der Waals surface area contributed by atoms with Gasteiger partial charge in [-0.15, -0.1) is 0 Å². The number of alkyl carbamates (subject to hydrolysis) is 1. The summed E-state index contributed by atoms with van der Waals surface area (Å²) in [5, 5.41) is 15.0. The van der Waals surface area contributed by atoms with Crippen molar-refractivity contribution < 1.29 is 19.1 Å². The van der Waals surface area contributed by atoms with Crippen molar-refractivity contribution in [3.8, 4) is 0 Å². The number of carbonyl (C=O) groups excluding carboxylic acids is 1. The van der Waals surface area contributed by atoms with Crippen molar-refractivity contribution in [2.75, 3.05) is 13.2 Å². The molecule has 2 rings (SSSR count). The van der Waals surface area contributed by atoms with Crippen molar-refractivity contribution in [3.05, 3.63) is 60.7 Å². The number of hydrogen-bond acceptors (Lipinski definition) is 4. The topological polar surface area (TPSA) is 67.8 Å². The molecule has 0 fully saturated rings. The molecule has 1 amide bonds. The van der Waals surface area contributed by atoms with Crippen molar-refractivity contribution in [2.45, 2.75) is 64.6 Å². The Morgan fingerprint density at radius 1 is 0.871 bits per heavy atom. The van der Waals surface area contributed by atoms with E-state index in [0.717, 1.165) is 10.4 Å². The summed E-state index contributed by atoms with van der Waals surface area (Å²) < 4.78 is 12.3. The highest BCUT2D eigenvalue weighted by molar-refractivity contribution is 6.99. The number of hydrogen-bond donors (Lipinski definition) is 2. The Bertz CT molecular complexity index is 804. The van der Waals surface area contributed by atoms with Crippen LogP contribution < -0.4 is 15.7 Å². The molecule has 0 heterocycles. The fourth-order valence-corrected chi connectivity index (χ4v) is 8.39. The second kappa shape index (κ2) is 9.55. The normalized spacial score (nSPS) is 14.6. The van der Waals surface area contributed by atoms with Crippen LogP contribution in [0.3, 0.4) is 0 Å². The van der Waals surface area contributed by atoms with E-state index in [1.54, 1.807) is 6.92 Å². The average Bonchev–Trinajstić information content (AvgIpc) is 2.67. The van der Waals surface area contributed by atoms with Gasteiger partial charge in [0.1, 0.15) is 5.60 Å². The van der Waals surface area contributed by atoms with E-state index in [-0.39, 0.29) is 18.3 Å². The molecule has 0 saturated carbocycles. The van der Waals surface area contributed by atoms with Crippen LogP contribution in [0.5, 0.6) is 0 Å². The van der Waals surface area contributed by atoms with Gasteiger partial charge in [-0.1, -0.05) is 81.4 Å². The molecule has 0 aliphatic rings. The maximum Gasteiger partial charge on any atom is 0.408 e. The van der Waals surface area contributed by atoms with E-state index < -0.39 is 25.6 Å². The van der Waals surface area contributed by atoms with Crippen molar-refractivity contribution in [1.82, 2.24) is 5.32 Å². The zero-order valence-electron chi connectivity index (χ0n) is 19.9. The third-order valence-electron chi connectivity index (χ3n) is 5.18. The van der Waals surface area contributed by atoms with Crippen molar-refractivity contribution in [2.24, 2.45) is 0 Å². The van der Waals surface area contributed by atoms with Crippen LogP contribution in [0.15, 0.2) is 60.7 Å². The van der Waals surface area contributed by atoms with E-state index in [1.165, 1.54) is 0 Å².